The summed E-state index contributed by atoms with van der Waals surface area (Å²) in [5.74, 6) is 0.433. The zero-order valence-electron chi connectivity index (χ0n) is 10.2. The van der Waals surface area contributed by atoms with E-state index in [2.05, 4.69) is 41.2 Å². The van der Waals surface area contributed by atoms with Crippen molar-refractivity contribution in [3.63, 3.8) is 0 Å². The Morgan fingerprint density at radius 1 is 1.38 bits per heavy atom. The molecule has 0 aliphatic heterocycles. The van der Waals surface area contributed by atoms with E-state index in [1.54, 1.807) is 0 Å². The molecule has 16 heavy (non-hydrogen) atoms. The van der Waals surface area contributed by atoms with Crippen LogP contribution in [0.5, 0.6) is 0 Å². The highest BCUT2D eigenvalue weighted by atomic mass is 79.9. The quantitative estimate of drug-likeness (QED) is 0.837. The summed E-state index contributed by atoms with van der Waals surface area (Å²) in [4.78, 5) is 11.8. The lowest BCUT2D eigenvalue weighted by atomic mass is 10.0. The number of carbonyl (C=O) groups is 1. The van der Waals surface area contributed by atoms with Gasteiger partial charge in [0.25, 0.3) is 0 Å². The summed E-state index contributed by atoms with van der Waals surface area (Å²) in [6.07, 6.45) is 0. The van der Waals surface area contributed by atoms with Gasteiger partial charge in [-0.1, -0.05) is 41.9 Å². The molecule has 0 aliphatic rings. The number of alkyl halides is 1. The van der Waals surface area contributed by atoms with Crippen LogP contribution in [0.3, 0.4) is 0 Å². The summed E-state index contributed by atoms with van der Waals surface area (Å²) in [5.41, 5.74) is 2.08. The second-order valence-electron chi connectivity index (χ2n) is 4.71. The molecule has 0 bridgehead atoms. The maximum atomic E-state index is 11.8. The molecule has 1 N–H and O–H groups in total. The summed E-state index contributed by atoms with van der Waals surface area (Å²) >= 11 is 3.34. The van der Waals surface area contributed by atoms with Crippen LogP contribution in [0.2, 0.25) is 0 Å². The number of hydrogen-bond acceptors (Lipinski definition) is 1. The molecule has 1 aromatic carbocycles. The third-order valence-electron chi connectivity index (χ3n) is 2.35. The highest BCUT2D eigenvalue weighted by Crippen LogP contribution is 2.22. The van der Waals surface area contributed by atoms with E-state index in [0.717, 1.165) is 5.69 Å². The van der Waals surface area contributed by atoms with E-state index >= 15 is 0 Å². The first kappa shape index (κ1) is 13.2. The lowest BCUT2D eigenvalue weighted by Crippen LogP contribution is -2.30. The standard InChI is InChI=1S/C13H18BrNO/c1-9(2)10-6-5-7-11(8-10)15-12(16)13(3,4)14/h5-9H,1-4H3,(H,15,16). The zero-order valence-corrected chi connectivity index (χ0v) is 11.8. The Labute approximate surface area is 106 Å². The van der Waals surface area contributed by atoms with E-state index < -0.39 is 4.32 Å². The number of anilines is 1. The van der Waals surface area contributed by atoms with E-state index in [1.165, 1.54) is 5.56 Å². The molecule has 0 saturated carbocycles. The highest BCUT2D eigenvalue weighted by Gasteiger charge is 2.23. The smallest absolute Gasteiger partial charge is 0.240 e. The van der Waals surface area contributed by atoms with E-state index in [0.29, 0.717) is 5.92 Å². The number of rotatable bonds is 3. The van der Waals surface area contributed by atoms with Gasteiger partial charge in [0.1, 0.15) is 0 Å². The number of nitrogens with one attached hydrogen (secondary N) is 1. The SMILES string of the molecule is CC(C)c1cccc(NC(=O)C(C)(C)Br)c1. The normalized spacial score (nSPS) is 11.6. The Morgan fingerprint density at radius 3 is 2.50 bits per heavy atom. The van der Waals surface area contributed by atoms with Gasteiger partial charge >= 0.3 is 0 Å². The lowest BCUT2D eigenvalue weighted by molar-refractivity contribution is -0.117. The van der Waals surface area contributed by atoms with Crippen molar-refractivity contribution in [3.8, 4) is 0 Å². The van der Waals surface area contributed by atoms with Gasteiger partial charge in [-0.25, -0.2) is 0 Å². The first-order valence-corrected chi connectivity index (χ1v) is 6.20. The number of benzene rings is 1. The van der Waals surface area contributed by atoms with Crippen molar-refractivity contribution in [3.05, 3.63) is 29.8 Å². The molecule has 0 aliphatic carbocycles. The van der Waals surface area contributed by atoms with E-state index in [4.69, 9.17) is 0 Å². The van der Waals surface area contributed by atoms with Gasteiger partial charge in [-0.15, -0.1) is 0 Å². The molecule has 3 heteroatoms. The number of carbonyl (C=O) groups excluding carboxylic acids is 1. The van der Waals surface area contributed by atoms with Crippen LogP contribution in [0.4, 0.5) is 5.69 Å². The van der Waals surface area contributed by atoms with Crippen LogP contribution < -0.4 is 5.32 Å². The van der Waals surface area contributed by atoms with Crippen molar-refractivity contribution in [1.29, 1.82) is 0 Å². The second kappa shape index (κ2) is 5.00. The molecular formula is C13H18BrNO. The summed E-state index contributed by atoms with van der Waals surface area (Å²) in [7, 11) is 0. The maximum absolute atomic E-state index is 11.8. The van der Waals surface area contributed by atoms with Gasteiger partial charge in [-0.05, 0) is 37.5 Å². The third kappa shape index (κ3) is 3.63. The predicted octanol–water partition coefficient (Wildman–Crippen LogP) is 3.92. The van der Waals surface area contributed by atoms with Gasteiger partial charge in [0.2, 0.25) is 5.91 Å². The monoisotopic (exact) mass is 283 g/mol. The Kier molecular flexibility index (Phi) is 4.14. The highest BCUT2D eigenvalue weighted by molar-refractivity contribution is 9.10. The van der Waals surface area contributed by atoms with Gasteiger partial charge in [0, 0.05) is 5.69 Å². The van der Waals surface area contributed by atoms with Gasteiger partial charge in [0.05, 0.1) is 4.32 Å². The van der Waals surface area contributed by atoms with Crippen molar-refractivity contribution in [1.82, 2.24) is 0 Å². The molecule has 1 aromatic rings. The van der Waals surface area contributed by atoms with Crippen molar-refractivity contribution in [2.45, 2.75) is 37.9 Å². The van der Waals surface area contributed by atoms with Crippen molar-refractivity contribution < 1.29 is 4.79 Å². The van der Waals surface area contributed by atoms with E-state index in [1.807, 2.05) is 32.0 Å². The summed E-state index contributed by atoms with van der Waals surface area (Å²) in [6.45, 7) is 7.92. The van der Waals surface area contributed by atoms with Gasteiger partial charge in [-0.2, -0.15) is 0 Å². The van der Waals surface area contributed by atoms with Crippen LogP contribution in [-0.2, 0) is 4.79 Å². The lowest BCUT2D eigenvalue weighted by Gasteiger charge is -2.16. The molecule has 0 atom stereocenters. The van der Waals surface area contributed by atoms with Crippen LogP contribution in [0.25, 0.3) is 0 Å². The fraction of sp³-hybridized carbons (Fsp3) is 0.462. The minimum absolute atomic E-state index is 0.0339. The van der Waals surface area contributed by atoms with Gasteiger partial charge in [-0.3, -0.25) is 4.79 Å². The van der Waals surface area contributed by atoms with E-state index in [9.17, 15) is 4.79 Å². The number of hydrogen-bond donors (Lipinski definition) is 1. The topological polar surface area (TPSA) is 29.1 Å². The van der Waals surface area contributed by atoms with Crippen LogP contribution in [-0.4, -0.2) is 10.2 Å². The number of amides is 1. The molecule has 0 unspecified atom stereocenters. The Balaban J connectivity index is 2.83. The average molecular weight is 284 g/mol. The molecule has 1 amide bonds. The van der Waals surface area contributed by atoms with Crippen molar-refractivity contribution >= 4 is 27.5 Å². The molecule has 88 valence electrons. The molecule has 0 fully saturated rings. The minimum atomic E-state index is -0.541. The summed E-state index contributed by atoms with van der Waals surface area (Å²) in [5, 5.41) is 2.89. The average Bonchev–Trinajstić information content (AvgIpc) is 2.16. The Morgan fingerprint density at radius 2 is 2.00 bits per heavy atom. The zero-order chi connectivity index (χ0) is 12.3. The predicted molar refractivity (Wildman–Crippen MR) is 72.2 cm³/mol. The fourth-order valence-corrected chi connectivity index (χ4v) is 1.35. The molecule has 1 rings (SSSR count). The van der Waals surface area contributed by atoms with Gasteiger partial charge < -0.3 is 5.32 Å². The Hall–Kier alpha value is -0.830. The van der Waals surface area contributed by atoms with Crippen molar-refractivity contribution in [2.75, 3.05) is 5.32 Å². The summed E-state index contributed by atoms with van der Waals surface area (Å²) < 4.78 is -0.541. The second-order valence-corrected chi connectivity index (χ2v) is 6.69. The fourth-order valence-electron chi connectivity index (χ4n) is 1.26. The minimum Gasteiger partial charge on any atom is -0.325 e. The Bertz CT molecular complexity index is 380. The van der Waals surface area contributed by atoms with Crippen LogP contribution in [0.15, 0.2) is 24.3 Å². The molecular weight excluding hydrogens is 266 g/mol. The molecule has 0 heterocycles. The first-order chi connectivity index (χ1) is 7.30. The van der Waals surface area contributed by atoms with Gasteiger partial charge in [0.15, 0.2) is 0 Å². The van der Waals surface area contributed by atoms with Crippen LogP contribution in [0, 0.1) is 0 Å². The number of halogens is 1. The molecule has 0 saturated heterocycles. The summed E-state index contributed by atoms with van der Waals surface area (Å²) in [6, 6.07) is 7.95. The molecule has 2 nitrogen and oxygen atoms in total. The van der Waals surface area contributed by atoms with Crippen molar-refractivity contribution in [2.24, 2.45) is 0 Å². The van der Waals surface area contributed by atoms with Crippen LogP contribution in [0.1, 0.15) is 39.2 Å². The largest absolute Gasteiger partial charge is 0.325 e. The maximum Gasteiger partial charge on any atom is 0.240 e. The third-order valence-corrected chi connectivity index (χ3v) is 2.71. The van der Waals surface area contributed by atoms with E-state index in [-0.39, 0.29) is 5.91 Å². The van der Waals surface area contributed by atoms with Crippen LogP contribution >= 0.6 is 15.9 Å². The first-order valence-electron chi connectivity index (χ1n) is 5.41. The molecule has 0 radical (unpaired) electrons. The molecule has 0 aromatic heterocycles. The molecule has 0 spiro atoms.